The maximum atomic E-state index is 4.18. The second kappa shape index (κ2) is 6.18. The van der Waals surface area contributed by atoms with Gasteiger partial charge in [0.1, 0.15) is 0 Å². The van der Waals surface area contributed by atoms with Gasteiger partial charge >= 0.3 is 0 Å². The molecule has 1 fully saturated rings. The first-order valence-electron chi connectivity index (χ1n) is 7.53. The minimum Gasteiger partial charge on any atom is -0.310 e. The minimum absolute atomic E-state index is 0.624. The lowest BCUT2D eigenvalue weighted by Gasteiger charge is -2.16. The second-order valence-electron chi connectivity index (χ2n) is 5.68. The van der Waals surface area contributed by atoms with Crippen molar-refractivity contribution in [2.75, 3.05) is 0 Å². The summed E-state index contributed by atoms with van der Waals surface area (Å²) >= 11 is 0. The minimum atomic E-state index is 0.624. The number of nitrogens with zero attached hydrogens (tertiary/aromatic N) is 2. The third kappa shape index (κ3) is 3.25. The summed E-state index contributed by atoms with van der Waals surface area (Å²) in [5.41, 5.74) is 3.39. The van der Waals surface area contributed by atoms with E-state index in [9.17, 15) is 0 Å². The standard InChI is InChI=1S/C16H22N4/c1-2-15(8-12-5-6-12)18-10-14-11-19-20-16(14)13-4-3-7-17-9-13/h3-4,7,9,11-12,15,18H,2,5-6,8,10H2,1H3,(H,19,20). The molecule has 0 aromatic carbocycles. The van der Waals surface area contributed by atoms with Crippen LogP contribution >= 0.6 is 0 Å². The Morgan fingerprint density at radius 3 is 3.00 bits per heavy atom. The van der Waals surface area contributed by atoms with Crippen LogP contribution in [0.15, 0.2) is 30.7 Å². The summed E-state index contributed by atoms with van der Waals surface area (Å²) in [6.07, 6.45) is 10.9. The number of H-pyrrole nitrogens is 1. The summed E-state index contributed by atoms with van der Waals surface area (Å²) < 4.78 is 0. The highest BCUT2D eigenvalue weighted by molar-refractivity contribution is 5.61. The molecule has 4 heteroatoms. The van der Waals surface area contributed by atoms with E-state index >= 15 is 0 Å². The van der Waals surface area contributed by atoms with E-state index in [1.807, 2.05) is 18.5 Å². The molecule has 1 saturated carbocycles. The Hall–Kier alpha value is -1.68. The molecule has 0 radical (unpaired) electrons. The zero-order valence-corrected chi connectivity index (χ0v) is 12.0. The Kier molecular flexibility index (Phi) is 4.11. The molecule has 3 rings (SSSR count). The molecule has 1 aliphatic carbocycles. The number of nitrogens with one attached hydrogen (secondary N) is 2. The van der Waals surface area contributed by atoms with E-state index in [1.165, 1.54) is 31.2 Å². The maximum absolute atomic E-state index is 4.18. The van der Waals surface area contributed by atoms with Crippen LogP contribution in [0.5, 0.6) is 0 Å². The van der Waals surface area contributed by atoms with Crippen molar-refractivity contribution in [3.63, 3.8) is 0 Å². The van der Waals surface area contributed by atoms with Crippen molar-refractivity contribution in [2.24, 2.45) is 5.92 Å². The quantitative estimate of drug-likeness (QED) is 0.812. The van der Waals surface area contributed by atoms with Crippen molar-refractivity contribution in [3.8, 4) is 11.3 Å². The Balaban J connectivity index is 1.64. The van der Waals surface area contributed by atoms with E-state index in [0.717, 1.165) is 23.7 Å². The SMILES string of the molecule is CCC(CC1CC1)NCc1cn[nH]c1-c1cccnc1. The van der Waals surface area contributed by atoms with Crippen molar-refractivity contribution < 1.29 is 0 Å². The van der Waals surface area contributed by atoms with Crippen LogP contribution in [0.2, 0.25) is 0 Å². The fraction of sp³-hybridized carbons (Fsp3) is 0.500. The van der Waals surface area contributed by atoms with Gasteiger partial charge in [-0.1, -0.05) is 19.8 Å². The molecule has 0 spiro atoms. The molecule has 2 N–H and O–H groups in total. The molecule has 0 saturated heterocycles. The first-order chi connectivity index (χ1) is 9.86. The summed E-state index contributed by atoms with van der Waals surface area (Å²) in [6, 6.07) is 4.64. The summed E-state index contributed by atoms with van der Waals surface area (Å²) in [5.74, 6) is 0.967. The molecule has 0 aliphatic heterocycles. The largest absolute Gasteiger partial charge is 0.310 e. The van der Waals surface area contributed by atoms with E-state index in [-0.39, 0.29) is 0 Å². The van der Waals surface area contributed by atoms with Crippen LogP contribution in [-0.2, 0) is 6.54 Å². The molecule has 2 aromatic rings. The first kappa shape index (κ1) is 13.3. The van der Waals surface area contributed by atoms with Gasteiger partial charge in [-0.2, -0.15) is 5.10 Å². The van der Waals surface area contributed by atoms with Crippen LogP contribution in [-0.4, -0.2) is 21.2 Å². The molecule has 4 nitrogen and oxygen atoms in total. The van der Waals surface area contributed by atoms with Crippen molar-refractivity contribution in [1.29, 1.82) is 0 Å². The number of hydrogen-bond acceptors (Lipinski definition) is 3. The highest BCUT2D eigenvalue weighted by Crippen LogP contribution is 2.34. The van der Waals surface area contributed by atoms with Gasteiger partial charge in [0.25, 0.3) is 0 Å². The fourth-order valence-electron chi connectivity index (χ4n) is 2.61. The molecule has 1 atom stereocenters. The lowest BCUT2D eigenvalue weighted by Crippen LogP contribution is -2.28. The van der Waals surface area contributed by atoms with Gasteiger partial charge in [-0.15, -0.1) is 0 Å². The second-order valence-corrected chi connectivity index (χ2v) is 5.68. The van der Waals surface area contributed by atoms with Gasteiger partial charge in [0.15, 0.2) is 0 Å². The van der Waals surface area contributed by atoms with Crippen molar-refractivity contribution >= 4 is 0 Å². The zero-order valence-electron chi connectivity index (χ0n) is 12.0. The topological polar surface area (TPSA) is 53.6 Å². The molecule has 106 valence electrons. The van der Waals surface area contributed by atoms with Crippen molar-refractivity contribution in [3.05, 3.63) is 36.3 Å². The van der Waals surface area contributed by atoms with Gasteiger partial charge in [-0.25, -0.2) is 0 Å². The van der Waals surface area contributed by atoms with Gasteiger partial charge in [-0.05, 0) is 30.9 Å². The Bertz CT molecular complexity index is 530. The van der Waals surface area contributed by atoms with Gasteiger partial charge in [0.05, 0.1) is 11.9 Å². The van der Waals surface area contributed by atoms with Crippen LogP contribution in [0.4, 0.5) is 0 Å². The van der Waals surface area contributed by atoms with Gasteiger partial charge in [0.2, 0.25) is 0 Å². The van der Waals surface area contributed by atoms with Crippen molar-refractivity contribution in [2.45, 2.75) is 45.2 Å². The van der Waals surface area contributed by atoms with Crippen LogP contribution in [0.1, 0.15) is 38.2 Å². The van der Waals surface area contributed by atoms with E-state index in [2.05, 4.69) is 33.5 Å². The summed E-state index contributed by atoms with van der Waals surface area (Å²) in [6.45, 7) is 3.13. The molecule has 20 heavy (non-hydrogen) atoms. The van der Waals surface area contributed by atoms with Gasteiger partial charge < -0.3 is 5.32 Å². The number of aromatic amines is 1. The predicted octanol–water partition coefficient (Wildman–Crippen LogP) is 3.14. The molecule has 0 amide bonds. The summed E-state index contributed by atoms with van der Waals surface area (Å²) in [4.78, 5) is 4.17. The van der Waals surface area contributed by atoms with E-state index in [0.29, 0.717) is 6.04 Å². The normalized spacial score (nSPS) is 16.2. The molecule has 1 unspecified atom stereocenters. The van der Waals surface area contributed by atoms with E-state index in [4.69, 9.17) is 0 Å². The number of pyridine rings is 1. The molecule has 2 heterocycles. The Morgan fingerprint density at radius 2 is 2.30 bits per heavy atom. The van der Waals surface area contributed by atoms with Crippen LogP contribution in [0, 0.1) is 5.92 Å². The summed E-state index contributed by atoms with van der Waals surface area (Å²) in [5, 5.41) is 10.9. The lowest BCUT2D eigenvalue weighted by molar-refractivity contribution is 0.445. The average molecular weight is 270 g/mol. The van der Waals surface area contributed by atoms with E-state index in [1.54, 1.807) is 6.20 Å². The van der Waals surface area contributed by atoms with E-state index < -0.39 is 0 Å². The zero-order chi connectivity index (χ0) is 13.8. The van der Waals surface area contributed by atoms with Crippen molar-refractivity contribution in [1.82, 2.24) is 20.5 Å². The number of rotatable bonds is 7. The van der Waals surface area contributed by atoms with Crippen LogP contribution < -0.4 is 5.32 Å². The third-order valence-corrected chi connectivity index (χ3v) is 4.06. The molecule has 1 aliphatic rings. The molecule has 2 aromatic heterocycles. The predicted molar refractivity (Wildman–Crippen MR) is 80.1 cm³/mol. The maximum Gasteiger partial charge on any atom is 0.0710 e. The Labute approximate surface area is 120 Å². The monoisotopic (exact) mass is 270 g/mol. The molecule has 0 bridgehead atoms. The number of hydrogen-bond donors (Lipinski definition) is 2. The third-order valence-electron chi connectivity index (χ3n) is 4.06. The van der Waals surface area contributed by atoms with Crippen LogP contribution in [0.3, 0.4) is 0 Å². The first-order valence-corrected chi connectivity index (χ1v) is 7.53. The molecular weight excluding hydrogens is 248 g/mol. The smallest absolute Gasteiger partial charge is 0.0710 e. The van der Waals surface area contributed by atoms with Crippen LogP contribution in [0.25, 0.3) is 11.3 Å². The summed E-state index contributed by atoms with van der Waals surface area (Å²) in [7, 11) is 0. The number of aromatic nitrogens is 3. The molecular formula is C16H22N4. The highest BCUT2D eigenvalue weighted by Gasteiger charge is 2.24. The average Bonchev–Trinajstić information content (AvgIpc) is 3.19. The fourth-order valence-corrected chi connectivity index (χ4v) is 2.61. The van der Waals surface area contributed by atoms with Gasteiger partial charge in [0, 0.05) is 36.1 Å². The Morgan fingerprint density at radius 1 is 1.40 bits per heavy atom. The van der Waals surface area contributed by atoms with Gasteiger partial charge in [-0.3, -0.25) is 10.1 Å². The lowest BCUT2D eigenvalue weighted by atomic mass is 10.1. The highest BCUT2D eigenvalue weighted by atomic mass is 15.1.